The molecule has 5 aromatic rings. The van der Waals surface area contributed by atoms with Gasteiger partial charge in [0, 0.05) is 30.7 Å². The van der Waals surface area contributed by atoms with Gasteiger partial charge < -0.3 is 29.7 Å². The summed E-state index contributed by atoms with van der Waals surface area (Å²) < 4.78 is 20.0. The Morgan fingerprint density at radius 1 is 0.941 bits per heavy atom. The lowest BCUT2D eigenvalue weighted by Crippen LogP contribution is -2.38. The number of aliphatic hydroxyl groups excluding tert-OH is 1. The minimum atomic E-state index is -0.881. The Hall–Kier alpha value is -5.08. The number of carbonyl (C=O) groups excluding carboxylic acids is 2. The number of ether oxygens (including phenoxy) is 3. The molecule has 0 bridgehead atoms. The minimum absolute atomic E-state index is 0.0458. The average Bonchev–Trinajstić information content (AvgIpc) is 3.62. The van der Waals surface area contributed by atoms with Gasteiger partial charge in [-0.2, -0.15) is 4.68 Å². The molecule has 6 rings (SSSR count). The van der Waals surface area contributed by atoms with Crippen molar-refractivity contribution >= 4 is 23.6 Å². The van der Waals surface area contributed by atoms with Crippen LogP contribution in [-0.4, -0.2) is 60.3 Å². The first-order valence-corrected chi connectivity index (χ1v) is 17.5. The van der Waals surface area contributed by atoms with E-state index >= 15 is 0 Å². The first-order chi connectivity index (χ1) is 24.7. The van der Waals surface area contributed by atoms with Gasteiger partial charge >= 0.3 is 5.97 Å². The molecule has 13 heteroatoms. The number of phenolic OH excluding ortho intramolecular Hbond substituents is 1. The van der Waals surface area contributed by atoms with Crippen molar-refractivity contribution in [3.8, 4) is 22.6 Å². The number of benzene rings is 4. The predicted octanol–water partition coefficient (Wildman–Crippen LogP) is 5.68. The van der Waals surface area contributed by atoms with E-state index < -0.39 is 18.4 Å². The fraction of sp³-hybridized carbons (Fsp3) is 0.289. The third-order valence-electron chi connectivity index (χ3n) is 8.63. The van der Waals surface area contributed by atoms with Gasteiger partial charge in [0.1, 0.15) is 5.75 Å². The van der Waals surface area contributed by atoms with Gasteiger partial charge in [-0.15, -0.1) is 5.10 Å². The van der Waals surface area contributed by atoms with E-state index in [1.807, 2.05) is 72.8 Å². The summed E-state index contributed by atoms with van der Waals surface area (Å²) in [4.78, 5) is 23.6. The van der Waals surface area contributed by atoms with Crippen molar-refractivity contribution in [3.63, 3.8) is 0 Å². The maximum atomic E-state index is 12.4. The maximum Gasteiger partial charge on any atom is 0.303 e. The van der Waals surface area contributed by atoms with E-state index in [0.717, 1.165) is 39.1 Å². The molecule has 0 aliphatic carbocycles. The molecule has 264 valence electrons. The molecule has 1 aliphatic heterocycles. The van der Waals surface area contributed by atoms with Gasteiger partial charge in [0.2, 0.25) is 5.16 Å². The number of hydrogen-bond acceptors (Lipinski definition) is 11. The van der Waals surface area contributed by atoms with Crippen molar-refractivity contribution in [2.45, 2.75) is 63.7 Å². The second-order valence-electron chi connectivity index (χ2n) is 12.3. The molecule has 0 saturated carbocycles. The van der Waals surface area contributed by atoms with Gasteiger partial charge in [-0.3, -0.25) is 9.59 Å². The van der Waals surface area contributed by atoms with Gasteiger partial charge in [-0.05, 0) is 81.6 Å². The number of carbonyl (C=O) groups is 2. The molecule has 1 aliphatic rings. The fourth-order valence-corrected chi connectivity index (χ4v) is 6.91. The van der Waals surface area contributed by atoms with E-state index in [1.165, 1.54) is 25.6 Å². The Labute approximate surface area is 299 Å². The zero-order chi connectivity index (χ0) is 35.9. The smallest absolute Gasteiger partial charge is 0.303 e. The number of tetrazole rings is 1. The lowest BCUT2D eigenvalue weighted by Gasteiger charge is -2.41. The fourth-order valence-electron chi connectivity index (χ4n) is 5.85. The van der Waals surface area contributed by atoms with Crippen LogP contribution in [0, 0.1) is 5.92 Å². The Kier molecular flexibility index (Phi) is 11.4. The Morgan fingerprint density at radius 2 is 1.67 bits per heavy atom. The topological polar surface area (TPSA) is 158 Å². The van der Waals surface area contributed by atoms with E-state index in [2.05, 4.69) is 27.8 Å². The molecular formula is C38H39N5O7S. The van der Waals surface area contributed by atoms with Crippen LogP contribution >= 0.6 is 11.8 Å². The Bertz CT molecular complexity index is 1950. The summed E-state index contributed by atoms with van der Waals surface area (Å²) in [6, 6.07) is 30.3. The Morgan fingerprint density at radius 3 is 2.39 bits per heavy atom. The molecule has 1 aromatic heterocycles. The average molecular weight is 710 g/mol. The van der Waals surface area contributed by atoms with Crippen LogP contribution in [0.15, 0.2) is 102 Å². The molecule has 1 saturated heterocycles. The molecule has 3 N–H and O–H groups in total. The van der Waals surface area contributed by atoms with Crippen molar-refractivity contribution in [1.29, 1.82) is 0 Å². The molecule has 1 amide bonds. The van der Waals surface area contributed by atoms with Gasteiger partial charge in [-0.25, -0.2) is 0 Å². The summed E-state index contributed by atoms with van der Waals surface area (Å²) in [6.45, 7) is 5.13. The van der Waals surface area contributed by atoms with Gasteiger partial charge in [0.25, 0.3) is 5.91 Å². The number of aromatic hydroxyl groups is 1. The molecule has 0 spiro atoms. The van der Waals surface area contributed by atoms with E-state index in [-0.39, 0.29) is 42.9 Å². The second-order valence-corrected chi connectivity index (χ2v) is 13.3. The molecule has 4 aromatic carbocycles. The largest absolute Gasteiger partial charge is 0.508 e. The van der Waals surface area contributed by atoms with Crippen molar-refractivity contribution in [2.24, 2.45) is 5.92 Å². The van der Waals surface area contributed by atoms with E-state index in [9.17, 15) is 19.8 Å². The summed E-state index contributed by atoms with van der Waals surface area (Å²) in [7, 11) is 0. The van der Waals surface area contributed by atoms with E-state index in [0.29, 0.717) is 10.9 Å². The summed E-state index contributed by atoms with van der Waals surface area (Å²) in [5, 5.41) is 35.0. The van der Waals surface area contributed by atoms with Crippen molar-refractivity contribution in [3.05, 3.63) is 119 Å². The van der Waals surface area contributed by atoms with Gasteiger partial charge in [-0.1, -0.05) is 79.3 Å². The van der Waals surface area contributed by atoms with Crippen molar-refractivity contribution in [1.82, 2.24) is 25.5 Å². The molecule has 5 atom stereocenters. The van der Waals surface area contributed by atoms with Crippen molar-refractivity contribution < 1.29 is 34.0 Å². The van der Waals surface area contributed by atoms with Crippen molar-refractivity contribution in [2.75, 3.05) is 5.75 Å². The van der Waals surface area contributed by atoms with Gasteiger partial charge in [0.15, 0.2) is 12.4 Å². The molecule has 2 heterocycles. The Balaban J connectivity index is 1.22. The van der Waals surface area contributed by atoms with Crippen LogP contribution in [0.25, 0.3) is 16.8 Å². The third kappa shape index (κ3) is 8.81. The number of aromatic nitrogens is 4. The number of phenols is 1. The number of nitrogens with zero attached hydrogens (tertiary/aromatic N) is 4. The molecule has 1 fully saturated rings. The highest BCUT2D eigenvalue weighted by Gasteiger charge is 2.38. The maximum absolute atomic E-state index is 12.4. The number of esters is 1. The lowest BCUT2D eigenvalue weighted by atomic mass is 9.91. The van der Waals surface area contributed by atoms with Crippen LogP contribution in [-0.2, 0) is 37.0 Å². The van der Waals surface area contributed by atoms with Crippen LogP contribution in [0.2, 0.25) is 0 Å². The first kappa shape index (κ1) is 35.7. The zero-order valence-corrected chi connectivity index (χ0v) is 29.2. The quantitative estimate of drug-likeness (QED) is 0.108. The summed E-state index contributed by atoms with van der Waals surface area (Å²) in [6.07, 6.45) is -2.13. The third-order valence-corrected chi connectivity index (χ3v) is 9.64. The standard InChI is InChI=1S/C38H39N5O7S/c1-23-34(22-51-38-40-41-42-43(38)32-14-16-33(46)17-15-32)49-37(50-35(23)28-12-10-26(21-44)11-13-28)31-9-5-8-30(19-31)29-7-4-6-27(18-29)20-39-36(47)24(2)48-25(3)45/h4-19,23-24,34-35,37,44,46H,20-22H2,1-3H3,(H,39,47). The number of nitrogens with one attached hydrogen (secondary N) is 1. The second kappa shape index (κ2) is 16.3. The monoisotopic (exact) mass is 709 g/mol. The number of aliphatic hydroxyl groups is 1. The number of amides is 1. The summed E-state index contributed by atoms with van der Waals surface area (Å²) >= 11 is 1.47. The predicted molar refractivity (Wildman–Crippen MR) is 189 cm³/mol. The number of thioether (sulfide) groups is 1. The first-order valence-electron chi connectivity index (χ1n) is 16.5. The molecule has 51 heavy (non-hydrogen) atoms. The molecule has 0 radical (unpaired) electrons. The number of hydrogen-bond donors (Lipinski definition) is 3. The highest BCUT2D eigenvalue weighted by Crippen LogP contribution is 2.43. The highest BCUT2D eigenvalue weighted by molar-refractivity contribution is 7.99. The van der Waals surface area contributed by atoms with E-state index in [1.54, 1.807) is 28.9 Å². The number of rotatable bonds is 12. The molecule has 5 unspecified atom stereocenters. The lowest BCUT2D eigenvalue weighted by molar-refractivity contribution is -0.268. The van der Waals surface area contributed by atoms with Crippen LogP contribution < -0.4 is 5.32 Å². The molecule has 12 nitrogen and oxygen atoms in total. The SMILES string of the molecule is CC(=O)OC(C)C(=O)NCc1cccc(-c2cccc(C3OC(CSc4nnnn4-c4ccc(O)cc4)C(C)C(c4ccc(CO)cc4)O3)c2)c1. The molecular weight excluding hydrogens is 671 g/mol. The van der Waals surface area contributed by atoms with Crippen LogP contribution in [0.4, 0.5) is 0 Å². The van der Waals surface area contributed by atoms with Crippen LogP contribution in [0.5, 0.6) is 5.75 Å². The zero-order valence-electron chi connectivity index (χ0n) is 28.4. The normalized spacial score (nSPS) is 19.3. The van der Waals surface area contributed by atoms with E-state index in [4.69, 9.17) is 14.2 Å². The minimum Gasteiger partial charge on any atom is -0.508 e. The summed E-state index contributed by atoms with van der Waals surface area (Å²) in [5.74, 6) is -0.242. The summed E-state index contributed by atoms with van der Waals surface area (Å²) in [5.41, 5.74) is 6.14. The van der Waals surface area contributed by atoms with Crippen LogP contribution in [0.1, 0.15) is 55.4 Å². The van der Waals surface area contributed by atoms with Gasteiger partial charge in [0.05, 0.1) is 24.5 Å². The van der Waals surface area contributed by atoms with Crippen LogP contribution in [0.3, 0.4) is 0 Å². The highest BCUT2D eigenvalue weighted by atomic mass is 32.2.